The summed E-state index contributed by atoms with van der Waals surface area (Å²) in [5.74, 6) is 0. The first kappa shape index (κ1) is 11.1. The van der Waals surface area contributed by atoms with Gasteiger partial charge in [0.05, 0.1) is 0 Å². The van der Waals surface area contributed by atoms with Gasteiger partial charge in [0.2, 0.25) is 0 Å². The SMILES string of the molecule is c1ccc(Nc2csc(-c3ccccc3)c2)cc1. The van der Waals surface area contributed by atoms with Gasteiger partial charge in [-0.15, -0.1) is 11.3 Å². The van der Waals surface area contributed by atoms with Gasteiger partial charge in [-0.1, -0.05) is 48.5 Å². The zero-order valence-corrected chi connectivity index (χ0v) is 10.7. The molecule has 0 aliphatic carbocycles. The van der Waals surface area contributed by atoms with Gasteiger partial charge >= 0.3 is 0 Å². The van der Waals surface area contributed by atoms with Crippen LogP contribution in [0.1, 0.15) is 0 Å². The van der Waals surface area contributed by atoms with E-state index in [1.54, 1.807) is 11.3 Å². The standard InChI is InChI=1S/C16H13NS/c1-3-7-13(8-4-1)16-11-15(12-18-16)17-14-9-5-2-6-10-14/h1-12,17H. The van der Waals surface area contributed by atoms with E-state index in [4.69, 9.17) is 0 Å². The van der Waals surface area contributed by atoms with E-state index in [1.165, 1.54) is 10.4 Å². The fraction of sp³-hybridized carbons (Fsp3) is 0. The summed E-state index contributed by atoms with van der Waals surface area (Å²) >= 11 is 1.76. The monoisotopic (exact) mass is 251 g/mol. The third-order valence-electron chi connectivity index (χ3n) is 2.72. The number of benzene rings is 2. The number of nitrogens with one attached hydrogen (secondary N) is 1. The van der Waals surface area contributed by atoms with E-state index in [9.17, 15) is 0 Å². The highest BCUT2D eigenvalue weighted by atomic mass is 32.1. The molecule has 0 spiro atoms. The van der Waals surface area contributed by atoms with E-state index >= 15 is 0 Å². The Kier molecular flexibility index (Phi) is 3.11. The van der Waals surface area contributed by atoms with E-state index < -0.39 is 0 Å². The van der Waals surface area contributed by atoms with Crippen LogP contribution in [0.3, 0.4) is 0 Å². The molecule has 3 aromatic rings. The van der Waals surface area contributed by atoms with Crippen LogP contribution < -0.4 is 5.32 Å². The van der Waals surface area contributed by atoms with Crippen molar-refractivity contribution in [1.82, 2.24) is 0 Å². The zero-order chi connectivity index (χ0) is 12.2. The van der Waals surface area contributed by atoms with Crippen LogP contribution >= 0.6 is 11.3 Å². The van der Waals surface area contributed by atoms with E-state index in [0.29, 0.717) is 0 Å². The minimum absolute atomic E-state index is 1.12. The normalized spacial score (nSPS) is 10.2. The summed E-state index contributed by atoms with van der Waals surface area (Å²) < 4.78 is 0. The summed E-state index contributed by atoms with van der Waals surface area (Å²) in [7, 11) is 0. The topological polar surface area (TPSA) is 12.0 Å². The molecule has 2 aromatic carbocycles. The van der Waals surface area contributed by atoms with Crippen molar-refractivity contribution in [3.05, 3.63) is 72.1 Å². The average Bonchev–Trinajstić information content (AvgIpc) is 2.89. The smallest absolute Gasteiger partial charge is 0.0499 e. The Hall–Kier alpha value is -2.06. The van der Waals surface area contributed by atoms with Gasteiger partial charge in [0.1, 0.15) is 0 Å². The van der Waals surface area contributed by atoms with Crippen LogP contribution in [0.15, 0.2) is 72.1 Å². The molecule has 1 aromatic heterocycles. The van der Waals surface area contributed by atoms with Crippen LogP contribution in [0.4, 0.5) is 11.4 Å². The fourth-order valence-electron chi connectivity index (χ4n) is 1.84. The van der Waals surface area contributed by atoms with Gasteiger partial charge in [0.15, 0.2) is 0 Å². The Labute approximate surface area is 111 Å². The van der Waals surface area contributed by atoms with E-state index in [1.807, 2.05) is 24.3 Å². The number of hydrogen-bond donors (Lipinski definition) is 1. The molecule has 0 radical (unpaired) electrons. The summed E-state index contributed by atoms with van der Waals surface area (Å²) in [5, 5.41) is 5.55. The summed E-state index contributed by atoms with van der Waals surface area (Å²) in [5.41, 5.74) is 3.53. The molecule has 0 aliphatic rings. The highest BCUT2D eigenvalue weighted by Gasteiger charge is 2.02. The van der Waals surface area contributed by atoms with Crippen molar-refractivity contribution in [1.29, 1.82) is 0 Å². The quantitative estimate of drug-likeness (QED) is 0.678. The third kappa shape index (κ3) is 2.44. The van der Waals surface area contributed by atoms with Crippen molar-refractivity contribution in [2.24, 2.45) is 0 Å². The molecule has 0 bridgehead atoms. The third-order valence-corrected chi connectivity index (χ3v) is 3.70. The van der Waals surface area contributed by atoms with Crippen LogP contribution in [-0.2, 0) is 0 Å². The lowest BCUT2D eigenvalue weighted by molar-refractivity contribution is 1.59. The first-order valence-electron chi connectivity index (χ1n) is 5.88. The summed E-state index contributed by atoms with van der Waals surface area (Å²) in [6.45, 7) is 0. The van der Waals surface area contributed by atoms with E-state index in [-0.39, 0.29) is 0 Å². The van der Waals surface area contributed by atoms with Gasteiger partial charge in [-0.2, -0.15) is 0 Å². The highest BCUT2D eigenvalue weighted by molar-refractivity contribution is 7.14. The fourth-order valence-corrected chi connectivity index (χ4v) is 2.69. The molecule has 0 saturated carbocycles. The second-order valence-corrected chi connectivity index (χ2v) is 4.97. The summed E-state index contributed by atoms with van der Waals surface area (Å²) in [6.07, 6.45) is 0. The maximum Gasteiger partial charge on any atom is 0.0499 e. The van der Waals surface area contributed by atoms with Crippen LogP contribution in [0.5, 0.6) is 0 Å². The predicted molar refractivity (Wildman–Crippen MR) is 79.5 cm³/mol. The Balaban J connectivity index is 1.82. The van der Waals surface area contributed by atoms with Gasteiger partial charge in [-0.05, 0) is 23.8 Å². The first-order chi connectivity index (χ1) is 8.92. The molecule has 0 fully saturated rings. The van der Waals surface area contributed by atoms with Crippen molar-refractivity contribution in [3.63, 3.8) is 0 Å². The number of hydrogen-bond acceptors (Lipinski definition) is 2. The molecule has 1 heterocycles. The lowest BCUT2D eigenvalue weighted by atomic mass is 10.2. The molecule has 1 nitrogen and oxygen atoms in total. The van der Waals surface area contributed by atoms with Crippen molar-refractivity contribution >= 4 is 22.7 Å². The molecule has 0 atom stereocenters. The highest BCUT2D eigenvalue weighted by Crippen LogP contribution is 2.30. The molecule has 0 saturated heterocycles. The first-order valence-corrected chi connectivity index (χ1v) is 6.76. The Morgan fingerprint density at radius 3 is 2.11 bits per heavy atom. The predicted octanol–water partition coefficient (Wildman–Crippen LogP) is 5.16. The molecule has 1 N–H and O–H groups in total. The second-order valence-electron chi connectivity index (χ2n) is 4.06. The van der Waals surface area contributed by atoms with Crippen LogP contribution in [0, 0.1) is 0 Å². The van der Waals surface area contributed by atoms with Crippen LogP contribution in [0.2, 0.25) is 0 Å². The maximum absolute atomic E-state index is 3.40. The number of anilines is 2. The van der Waals surface area contributed by atoms with Gasteiger partial charge in [-0.3, -0.25) is 0 Å². The van der Waals surface area contributed by atoms with Crippen molar-refractivity contribution < 1.29 is 0 Å². The lowest BCUT2D eigenvalue weighted by Crippen LogP contribution is -1.86. The summed E-state index contributed by atoms with van der Waals surface area (Å²) in [4.78, 5) is 1.29. The molecule has 2 heteroatoms. The maximum atomic E-state index is 3.40. The Morgan fingerprint density at radius 1 is 0.722 bits per heavy atom. The number of rotatable bonds is 3. The van der Waals surface area contributed by atoms with Crippen molar-refractivity contribution in [3.8, 4) is 10.4 Å². The average molecular weight is 251 g/mol. The second kappa shape index (κ2) is 5.07. The summed E-state index contributed by atoms with van der Waals surface area (Å²) in [6, 6.07) is 22.9. The molecule has 0 amide bonds. The minimum Gasteiger partial charge on any atom is -0.355 e. The minimum atomic E-state index is 1.12. The molecule has 0 unspecified atom stereocenters. The zero-order valence-electron chi connectivity index (χ0n) is 9.84. The van der Waals surface area contributed by atoms with E-state index in [2.05, 4.69) is 53.2 Å². The van der Waals surface area contributed by atoms with Gasteiger partial charge in [0.25, 0.3) is 0 Å². The van der Waals surface area contributed by atoms with Crippen molar-refractivity contribution in [2.75, 3.05) is 5.32 Å². The van der Waals surface area contributed by atoms with Gasteiger partial charge in [0, 0.05) is 21.6 Å². The van der Waals surface area contributed by atoms with Crippen LogP contribution in [0.25, 0.3) is 10.4 Å². The molecule has 0 aliphatic heterocycles. The van der Waals surface area contributed by atoms with Gasteiger partial charge < -0.3 is 5.32 Å². The largest absolute Gasteiger partial charge is 0.355 e. The Bertz CT molecular complexity index is 614. The van der Waals surface area contributed by atoms with E-state index in [0.717, 1.165) is 11.4 Å². The van der Waals surface area contributed by atoms with Gasteiger partial charge in [-0.25, -0.2) is 0 Å². The molecule has 88 valence electrons. The Morgan fingerprint density at radius 2 is 1.39 bits per heavy atom. The lowest BCUT2D eigenvalue weighted by Gasteiger charge is -2.02. The molecule has 18 heavy (non-hydrogen) atoms. The molecular formula is C16H13NS. The van der Waals surface area contributed by atoms with Crippen molar-refractivity contribution in [2.45, 2.75) is 0 Å². The molecule has 3 rings (SSSR count). The number of para-hydroxylation sites is 1. The number of thiophene rings is 1. The molecular weight excluding hydrogens is 238 g/mol. The van der Waals surface area contributed by atoms with Crippen LogP contribution in [-0.4, -0.2) is 0 Å².